The molecule has 1 aliphatic rings. The zero-order chi connectivity index (χ0) is 13.7. The fourth-order valence-corrected chi connectivity index (χ4v) is 2.07. The van der Waals surface area contributed by atoms with Crippen molar-refractivity contribution in [3.05, 3.63) is 0 Å². The number of carbonyl (C=O) groups is 2. The van der Waals surface area contributed by atoms with Crippen LogP contribution in [0.15, 0.2) is 0 Å². The second-order valence-corrected chi connectivity index (χ2v) is 5.16. The number of rotatable bonds is 5. The first-order valence-electron chi connectivity index (χ1n) is 6.37. The highest BCUT2D eigenvalue weighted by molar-refractivity contribution is 5.89. The molecule has 1 heterocycles. The van der Waals surface area contributed by atoms with E-state index in [9.17, 15) is 14.7 Å². The van der Waals surface area contributed by atoms with Crippen molar-refractivity contribution in [1.29, 1.82) is 0 Å². The molecule has 0 aliphatic carbocycles. The maximum atomic E-state index is 11.9. The molecule has 3 atom stereocenters. The molecule has 0 saturated carbocycles. The molecule has 0 aromatic rings. The Morgan fingerprint density at radius 3 is 2.56 bits per heavy atom. The van der Waals surface area contributed by atoms with Crippen molar-refractivity contribution in [1.82, 2.24) is 16.0 Å². The zero-order valence-electron chi connectivity index (χ0n) is 11.2. The molecule has 1 saturated heterocycles. The molecule has 2 amide bonds. The van der Waals surface area contributed by atoms with Gasteiger partial charge in [-0.15, -0.1) is 0 Å². The number of carbonyl (C=O) groups excluding carboxylic acids is 2. The molecule has 1 rings (SSSR count). The van der Waals surface area contributed by atoms with E-state index < -0.39 is 18.2 Å². The first kappa shape index (κ1) is 14.9. The maximum absolute atomic E-state index is 11.9. The quantitative estimate of drug-likeness (QED) is 0.508. The average Bonchev–Trinajstić information content (AvgIpc) is 2.73. The molecule has 6 nitrogen and oxygen atoms in total. The summed E-state index contributed by atoms with van der Waals surface area (Å²) in [5, 5.41) is 17.6. The predicted molar refractivity (Wildman–Crippen MR) is 67.9 cm³/mol. The highest BCUT2D eigenvalue weighted by Crippen LogP contribution is 2.09. The Balaban J connectivity index is 2.54. The van der Waals surface area contributed by atoms with Gasteiger partial charge >= 0.3 is 0 Å². The Kier molecular flexibility index (Phi) is 5.55. The molecule has 0 bridgehead atoms. The lowest BCUT2D eigenvalue weighted by molar-refractivity contribution is -0.130. The molecule has 0 radical (unpaired) electrons. The SMILES string of the molecule is CNC(=O)C(CC(C)C)NC(=O)C1CC(O)CN1. The first-order valence-corrected chi connectivity index (χ1v) is 6.37. The van der Waals surface area contributed by atoms with Crippen LogP contribution in [0.2, 0.25) is 0 Å². The van der Waals surface area contributed by atoms with Crippen LogP contribution in [0.3, 0.4) is 0 Å². The van der Waals surface area contributed by atoms with Crippen LogP contribution in [0.4, 0.5) is 0 Å². The average molecular weight is 257 g/mol. The van der Waals surface area contributed by atoms with Crippen LogP contribution >= 0.6 is 0 Å². The Morgan fingerprint density at radius 2 is 2.11 bits per heavy atom. The van der Waals surface area contributed by atoms with Gasteiger partial charge in [0.05, 0.1) is 12.1 Å². The molecule has 0 spiro atoms. The fourth-order valence-electron chi connectivity index (χ4n) is 2.07. The van der Waals surface area contributed by atoms with E-state index in [2.05, 4.69) is 16.0 Å². The van der Waals surface area contributed by atoms with E-state index in [0.29, 0.717) is 25.3 Å². The molecular formula is C12H23N3O3. The molecular weight excluding hydrogens is 234 g/mol. The Hall–Kier alpha value is -1.14. The molecule has 0 aromatic carbocycles. The molecule has 3 unspecified atom stereocenters. The number of amides is 2. The van der Waals surface area contributed by atoms with Crippen molar-refractivity contribution in [2.75, 3.05) is 13.6 Å². The van der Waals surface area contributed by atoms with Crippen molar-refractivity contribution in [3.8, 4) is 0 Å². The lowest BCUT2D eigenvalue weighted by Gasteiger charge is -2.21. The van der Waals surface area contributed by atoms with Crippen LogP contribution in [-0.2, 0) is 9.59 Å². The minimum atomic E-state index is -0.512. The van der Waals surface area contributed by atoms with Gasteiger partial charge in [0.25, 0.3) is 0 Å². The van der Waals surface area contributed by atoms with Gasteiger partial charge in [-0.3, -0.25) is 9.59 Å². The largest absolute Gasteiger partial charge is 0.392 e. The van der Waals surface area contributed by atoms with Crippen LogP contribution in [-0.4, -0.2) is 48.7 Å². The molecule has 6 heteroatoms. The summed E-state index contributed by atoms with van der Waals surface area (Å²) in [7, 11) is 1.55. The van der Waals surface area contributed by atoms with Gasteiger partial charge < -0.3 is 21.1 Å². The summed E-state index contributed by atoms with van der Waals surface area (Å²) in [6.45, 7) is 4.42. The lowest BCUT2D eigenvalue weighted by Crippen LogP contribution is -2.51. The Bertz CT molecular complexity index is 307. The van der Waals surface area contributed by atoms with Crippen molar-refractivity contribution in [3.63, 3.8) is 0 Å². The third-order valence-electron chi connectivity index (χ3n) is 3.01. The molecule has 0 aromatic heterocycles. The number of likely N-dealkylation sites (N-methyl/N-ethyl adjacent to an activating group) is 1. The first-order chi connectivity index (χ1) is 8.43. The van der Waals surface area contributed by atoms with E-state index in [4.69, 9.17) is 0 Å². The number of aliphatic hydroxyl groups excluding tert-OH is 1. The van der Waals surface area contributed by atoms with Gasteiger partial charge in [-0.1, -0.05) is 13.8 Å². The standard InChI is InChI=1S/C12H23N3O3/c1-7(2)4-10(11(17)13-3)15-12(18)9-5-8(16)6-14-9/h7-10,14,16H,4-6H2,1-3H3,(H,13,17)(H,15,18). The minimum Gasteiger partial charge on any atom is -0.392 e. The molecule has 18 heavy (non-hydrogen) atoms. The summed E-state index contributed by atoms with van der Waals surface area (Å²) in [4.78, 5) is 23.6. The minimum absolute atomic E-state index is 0.185. The summed E-state index contributed by atoms with van der Waals surface area (Å²) in [5.41, 5.74) is 0. The number of aliphatic hydroxyl groups is 1. The van der Waals surface area contributed by atoms with E-state index in [1.165, 1.54) is 0 Å². The number of hydrogen-bond acceptors (Lipinski definition) is 4. The van der Waals surface area contributed by atoms with E-state index in [-0.39, 0.29) is 11.8 Å². The van der Waals surface area contributed by atoms with E-state index in [0.717, 1.165) is 0 Å². The maximum Gasteiger partial charge on any atom is 0.242 e. The summed E-state index contributed by atoms with van der Waals surface area (Å²) >= 11 is 0. The van der Waals surface area contributed by atoms with Gasteiger partial charge in [0.1, 0.15) is 6.04 Å². The van der Waals surface area contributed by atoms with Crippen LogP contribution in [0.1, 0.15) is 26.7 Å². The van der Waals surface area contributed by atoms with Gasteiger partial charge in [0.15, 0.2) is 0 Å². The topological polar surface area (TPSA) is 90.5 Å². The normalized spacial score (nSPS) is 24.9. The molecule has 4 N–H and O–H groups in total. The molecule has 1 aliphatic heterocycles. The lowest BCUT2D eigenvalue weighted by atomic mass is 10.0. The Morgan fingerprint density at radius 1 is 1.44 bits per heavy atom. The monoisotopic (exact) mass is 257 g/mol. The Labute approximate surface area is 108 Å². The van der Waals surface area contributed by atoms with Crippen molar-refractivity contribution in [2.24, 2.45) is 5.92 Å². The second-order valence-electron chi connectivity index (χ2n) is 5.16. The smallest absolute Gasteiger partial charge is 0.242 e. The van der Waals surface area contributed by atoms with Gasteiger partial charge in [0.2, 0.25) is 11.8 Å². The summed E-state index contributed by atoms with van der Waals surface area (Å²) in [6, 6.07) is -0.915. The molecule has 104 valence electrons. The van der Waals surface area contributed by atoms with Gasteiger partial charge in [0, 0.05) is 13.6 Å². The van der Waals surface area contributed by atoms with Crippen molar-refractivity contribution >= 4 is 11.8 Å². The van der Waals surface area contributed by atoms with Crippen LogP contribution in [0, 0.1) is 5.92 Å². The third-order valence-corrected chi connectivity index (χ3v) is 3.01. The number of hydrogen-bond donors (Lipinski definition) is 4. The van der Waals surface area contributed by atoms with E-state index in [1.54, 1.807) is 7.05 Å². The van der Waals surface area contributed by atoms with Gasteiger partial charge in [-0.25, -0.2) is 0 Å². The zero-order valence-corrected chi connectivity index (χ0v) is 11.2. The van der Waals surface area contributed by atoms with Gasteiger partial charge in [-0.2, -0.15) is 0 Å². The third kappa shape index (κ3) is 4.27. The van der Waals surface area contributed by atoms with Gasteiger partial charge in [-0.05, 0) is 18.8 Å². The van der Waals surface area contributed by atoms with E-state index in [1.807, 2.05) is 13.8 Å². The van der Waals surface area contributed by atoms with Crippen LogP contribution in [0.25, 0.3) is 0 Å². The van der Waals surface area contributed by atoms with Crippen LogP contribution < -0.4 is 16.0 Å². The molecule has 1 fully saturated rings. The van der Waals surface area contributed by atoms with Crippen molar-refractivity contribution < 1.29 is 14.7 Å². The van der Waals surface area contributed by atoms with E-state index >= 15 is 0 Å². The summed E-state index contributed by atoms with van der Waals surface area (Å²) in [5.74, 6) is -0.0916. The predicted octanol–water partition coefficient (Wildman–Crippen LogP) is -1.01. The highest BCUT2D eigenvalue weighted by Gasteiger charge is 2.30. The fraction of sp³-hybridized carbons (Fsp3) is 0.833. The van der Waals surface area contributed by atoms with Crippen molar-refractivity contribution in [2.45, 2.75) is 44.9 Å². The van der Waals surface area contributed by atoms with Crippen LogP contribution in [0.5, 0.6) is 0 Å². The highest BCUT2D eigenvalue weighted by atomic mass is 16.3. The number of nitrogens with one attached hydrogen (secondary N) is 3. The summed E-state index contributed by atoms with van der Waals surface area (Å²) < 4.78 is 0. The summed E-state index contributed by atoms with van der Waals surface area (Å²) in [6.07, 6.45) is 0.513. The second kappa shape index (κ2) is 6.70. The number of β-amino-alcohol motifs (C(OH)–C–C–N with tert-alkyl or cyclic N) is 1.